The fraction of sp³-hybridized carbons (Fsp3) is 0.867. The van der Waals surface area contributed by atoms with Crippen molar-refractivity contribution in [2.75, 3.05) is 32.2 Å². The highest BCUT2D eigenvalue weighted by atomic mass is 32.2. The molecule has 3 heterocycles. The van der Waals surface area contributed by atoms with Crippen molar-refractivity contribution in [1.29, 1.82) is 0 Å². The van der Waals surface area contributed by atoms with Crippen LogP contribution in [0.5, 0.6) is 0 Å². The van der Waals surface area contributed by atoms with Gasteiger partial charge in [-0.25, -0.2) is 5.32 Å². The molecule has 1 aliphatic carbocycles. The Labute approximate surface area is 146 Å². The molecule has 0 aromatic heterocycles. The van der Waals surface area contributed by atoms with Gasteiger partial charge in [-0.3, -0.25) is 10.6 Å². The molecule has 3 fully saturated rings. The van der Waals surface area contributed by atoms with E-state index in [0.717, 1.165) is 22.0 Å². The fourth-order valence-corrected chi connectivity index (χ4v) is 4.90. The van der Waals surface area contributed by atoms with E-state index in [1.54, 1.807) is 11.8 Å². The molecule has 9 heteroatoms. The summed E-state index contributed by atoms with van der Waals surface area (Å²) in [6.45, 7) is 4.09. The summed E-state index contributed by atoms with van der Waals surface area (Å²) in [6, 6.07) is 0.368. The second-order valence-electron chi connectivity index (χ2n) is 7.27. The quantitative estimate of drug-likeness (QED) is 0.397. The Morgan fingerprint density at radius 1 is 1.46 bits per heavy atom. The van der Waals surface area contributed by atoms with Crippen LogP contribution in [0.1, 0.15) is 19.8 Å². The Balaban J connectivity index is 1.55. The second kappa shape index (κ2) is 6.54. The molecule has 0 aromatic rings. The number of hydrogen-bond acceptors (Lipinski definition) is 8. The standard InChI is InChI=1S/C15H27N6O2S/c1-15(7-22,19-10-2-3-10)11-6-20(4-5-24-11)14-12-13(16-8-17-14)18-9-21(12)23/h6,10,12-14,16-19,22H,2-5,7-9H2,1H3/q+1/t12?,13?,14?,15-/m0/s1. The first kappa shape index (κ1) is 16.7. The summed E-state index contributed by atoms with van der Waals surface area (Å²) >= 11 is 1.80. The molecule has 0 spiro atoms. The van der Waals surface area contributed by atoms with Crippen LogP contribution in [0, 0.1) is 4.91 Å². The first-order valence-corrected chi connectivity index (χ1v) is 9.73. The number of nitrogens with zero attached hydrogens (tertiary/aromatic N) is 2. The number of aliphatic hydroxyl groups is 1. The summed E-state index contributed by atoms with van der Waals surface area (Å²) in [6.07, 6.45) is 4.52. The molecule has 0 bridgehead atoms. The number of nitroso groups, excluding NO2 is 1. The molecule has 0 radical (unpaired) electrons. The van der Waals surface area contributed by atoms with Crippen LogP contribution in [0.15, 0.2) is 11.1 Å². The van der Waals surface area contributed by atoms with E-state index in [0.29, 0.717) is 19.4 Å². The lowest BCUT2D eigenvalue weighted by atomic mass is 10.0. The lowest BCUT2D eigenvalue weighted by molar-refractivity contribution is -0.575. The van der Waals surface area contributed by atoms with Crippen molar-refractivity contribution in [3.63, 3.8) is 0 Å². The van der Waals surface area contributed by atoms with Crippen molar-refractivity contribution in [2.24, 2.45) is 0 Å². The Morgan fingerprint density at radius 3 is 3.04 bits per heavy atom. The lowest BCUT2D eigenvalue weighted by Gasteiger charge is -2.41. The van der Waals surface area contributed by atoms with Gasteiger partial charge in [0.05, 0.1) is 12.1 Å². The Morgan fingerprint density at radius 2 is 2.29 bits per heavy atom. The average Bonchev–Trinajstić information content (AvgIpc) is 3.35. The monoisotopic (exact) mass is 355 g/mol. The second-order valence-corrected chi connectivity index (χ2v) is 8.40. The molecule has 134 valence electrons. The minimum Gasteiger partial charge on any atom is -0.394 e. The number of thioether (sulfide) groups is 1. The number of rotatable bonds is 5. The van der Waals surface area contributed by atoms with Crippen LogP contribution in [-0.4, -0.2) is 77.0 Å². The highest BCUT2D eigenvalue weighted by Crippen LogP contribution is 2.35. The Hall–Kier alpha value is -0.710. The summed E-state index contributed by atoms with van der Waals surface area (Å²) in [4.78, 5) is 15.6. The highest BCUT2D eigenvalue weighted by Gasteiger charge is 2.51. The van der Waals surface area contributed by atoms with Crippen molar-refractivity contribution in [3.8, 4) is 0 Å². The molecule has 24 heavy (non-hydrogen) atoms. The van der Waals surface area contributed by atoms with E-state index in [-0.39, 0.29) is 25.0 Å². The summed E-state index contributed by atoms with van der Waals surface area (Å²) < 4.78 is 1.12. The average molecular weight is 355 g/mol. The molecule has 4 aliphatic rings. The largest absolute Gasteiger partial charge is 0.394 e. The van der Waals surface area contributed by atoms with Crippen LogP contribution in [0.25, 0.3) is 0 Å². The van der Waals surface area contributed by atoms with E-state index in [2.05, 4.69) is 39.3 Å². The van der Waals surface area contributed by atoms with Crippen LogP contribution >= 0.6 is 11.8 Å². The third-order valence-electron chi connectivity index (χ3n) is 5.31. The summed E-state index contributed by atoms with van der Waals surface area (Å²) in [7, 11) is 0. The number of fused-ring (bicyclic) bond motifs is 1. The Kier molecular flexibility index (Phi) is 4.57. The van der Waals surface area contributed by atoms with Crippen LogP contribution < -0.4 is 21.3 Å². The van der Waals surface area contributed by atoms with Gasteiger partial charge in [0, 0.05) is 45.8 Å². The molecular weight excluding hydrogens is 328 g/mol. The van der Waals surface area contributed by atoms with E-state index in [1.165, 1.54) is 12.8 Å². The van der Waals surface area contributed by atoms with Gasteiger partial charge in [0.25, 0.3) is 6.04 Å². The number of aliphatic hydroxyl groups excluding tert-OH is 1. The van der Waals surface area contributed by atoms with E-state index in [1.807, 2.05) is 0 Å². The van der Waals surface area contributed by atoms with Gasteiger partial charge in [-0.2, -0.15) is 0 Å². The van der Waals surface area contributed by atoms with E-state index >= 15 is 0 Å². The summed E-state index contributed by atoms with van der Waals surface area (Å²) in [5, 5.41) is 23.5. The van der Waals surface area contributed by atoms with Crippen LogP contribution in [-0.2, 0) is 0 Å². The van der Waals surface area contributed by atoms with Gasteiger partial charge in [0.1, 0.15) is 6.17 Å². The molecule has 3 unspecified atom stereocenters. The maximum Gasteiger partial charge on any atom is 0.264 e. The third-order valence-corrected chi connectivity index (χ3v) is 6.56. The first-order valence-electron chi connectivity index (χ1n) is 8.74. The normalized spacial score (nSPS) is 36.2. The van der Waals surface area contributed by atoms with Crippen molar-refractivity contribution < 1.29 is 9.87 Å². The third kappa shape index (κ3) is 3.09. The van der Waals surface area contributed by atoms with Gasteiger partial charge in [0.2, 0.25) is 6.67 Å². The number of nitrogens with one attached hydrogen (secondary N) is 4. The smallest absolute Gasteiger partial charge is 0.264 e. The zero-order valence-corrected chi connectivity index (χ0v) is 14.8. The molecular formula is C15H27N6O2S+. The Bertz CT molecular complexity index is 542. The van der Waals surface area contributed by atoms with Gasteiger partial charge in [0.15, 0.2) is 6.17 Å². The van der Waals surface area contributed by atoms with Crippen molar-refractivity contribution in [3.05, 3.63) is 16.0 Å². The molecule has 4 rings (SSSR count). The highest BCUT2D eigenvalue weighted by molar-refractivity contribution is 8.03. The van der Waals surface area contributed by atoms with E-state index in [4.69, 9.17) is 0 Å². The predicted molar refractivity (Wildman–Crippen MR) is 93.0 cm³/mol. The lowest BCUT2D eigenvalue weighted by Crippen LogP contribution is -2.68. The molecule has 1 saturated carbocycles. The van der Waals surface area contributed by atoms with Crippen molar-refractivity contribution in [2.45, 2.75) is 49.7 Å². The topological polar surface area (TPSA) is 91.7 Å². The zero-order chi connectivity index (χ0) is 16.7. The van der Waals surface area contributed by atoms with Gasteiger partial charge < -0.3 is 15.3 Å². The van der Waals surface area contributed by atoms with Gasteiger partial charge in [-0.1, -0.05) is 0 Å². The minimum absolute atomic E-state index is 0.0222. The number of hydrogen-bond donors (Lipinski definition) is 5. The zero-order valence-electron chi connectivity index (χ0n) is 14.0. The predicted octanol–water partition coefficient (Wildman–Crippen LogP) is -1.11. The molecule has 0 amide bonds. The molecule has 8 nitrogen and oxygen atoms in total. The maximum absolute atomic E-state index is 12.2. The molecule has 3 aliphatic heterocycles. The van der Waals surface area contributed by atoms with Crippen LogP contribution in [0.2, 0.25) is 0 Å². The maximum atomic E-state index is 12.2. The molecule has 4 atom stereocenters. The summed E-state index contributed by atoms with van der Waals surface area (Å²) in [5.74, 6) is 0.961. The minimum atomic E-state index is -0.401. The molecule has 2 saturated heterocycles. The van der Waals surface area contributed by atoms with Gasteiger partial charge in [-0.05, 0) is 19.8 Å². The van der Waals surface area contributed by atoms with Gasteiger partial charge >= 0.3 is 0 Å². The fourth-order valence-electron chi connectivity index (χ4n) is 3.73. The van der Waals surface area contributed by atoms with Gasteiger partial charge in [-0.15, -0.1) is 11.8 Å². The summed E-state index contributed by atoms with van der Waals surface area (Å²) in [5.41, 5.74) is -0.401. The van der Waals surface area contributed by atoms with E-state index < -0.39 is 5.54 Å². The van der Waals surface area contributed by atoms with Crippen molar-refractivity contribution in [1.82, 2.24) is 26.2 Å². The molecule has 5 N–H and O–H groups in total. The van der Waals surface area contributed by atoms with Crippen molar-refractivity contribution >= 4 is 11.8 Å². The first-order chi connectivity index (χ1) is 11.6. The van der Waals surface area contributed by atoms with Crippen LogP contribution in [0.4, 0.5) is 0 Å². The SMILES string of the molecule is C[C@@](CO)(NC1CC1)C1=CN(C2NCNC3NC[N+](=O)C32)CCS1. The van der Waals surface area contributed by atoms with E-state index in [9.17, 15) is 10.0 Å². The van der Waals surface area contributed by atoms with Crippen LogP contribution in [0.3, 0.4) is 0 Å². The molecule has 0 aromatic carbocycles.